The molecule has 4 heteroatoms. The Kier molecular flexibility index (Phi) is 4.96. The number of carboxylic acid groups (broad SMARTS) is 1. The van der Waals surface area contributed by atoms with Crippen molar-refractivity contribution in [2.75, 3.05) is 6.54 Å². The lowest BCUT2D eigenvalue weighted by Crippen LogP contribution is -2.39. The average molecular weight is 272 g/mol. The van der Waals surface area contributed by atoms with Gasteiger partial charge in [0.15, 0.2) is 0 Å². The largest absolute Gasteiger partial charge is 0.478 e. The molecular formula is C16H20N2O2. The summed E-state index contributed by atoms with van der Waals surface area (Å²) in [6.07, 6.45) is 7.33. The molecule has 0 radical (unpaired) electrons. The average Bonchev–Trinajstić information content (AvgIpc) is 2.48. The summed E-state index contributed by atoms with van der Waals surface area (Å²) in [5.41, 5.74) is 5.01. The van der Waals surface area contributed by atoms with Crippen molar-refractivity contribution in [1.82, 2.24) is 10.4 Å². The molecule has 0 saturated carbocycles. The first-order valence-electron chi connectivity index (χ1n) is 6.89. The highest BCUT2D eigenvalue weighted by atomic mass is 16.4. The predicted molar refractivity (Wildman–Crippen MR) is 78.8 cm³/mol. The van der Waals surface area contributed by atoms with Crippen LogP contribution in [0.15, 0.2) is 54.3 Å². The number of nitrogens with zero attached hydrogens (tertiary/aromatic N) is 1. The van der Waals surface area contributed by atoms with E-state index < -0.39 is 5.97 Å². The number of nitrogens with one attached hydrogen (secondary N) is 1. The van der Waals surface area contributed by atoms with Gasteiger partial charge in [-0.2, -0.15) is 0 Å². The number of allylic oxidation sites excluding steroid dienone is 2. The Labute approximate surface area is 119 Å². The second kappa shape index (κ2) is 6.91. The Hall–Kier alpha value is -2.07. The Bertz CT molecular complexity index is 508. The molecule has 1 aromatic rings. The van der Waals surface area contributed by atoms with Gasteiger partial charge in [0, 0.05) is 6.20 Å². The second-order valence-corrected chi connectivity index (χ2v) is 4.85. The molecule has 0 fully saturated rings. The van der Waals surface area contributed by atoms with Crippen molar-refractivity contribution in [3.8, 4) is 0 Å². The molecule has 1 aliphatic rings. The van der Waals surface area contributed by atoms with E-state index in [1.807, 2.05) is 29.4 Å². The van der Waals surface area contributed by atoms with Crippen LogP contribution in [0.3, 0.4) is 0 Å². The topological polar surface area (TPSA) is 52.6 Å². The Morgan fingerprint density at radius 1 is 1.40 bits per heavy atom. The summed E-state index contributed by atoms with van der Waals surface area (Å²) in [7, 11) is 0. The summed E-state index contributed by atoms with van der Waals surface area (Å²) in [6, 6.07) is 10.4. The van der Waals surface area contributed by atoms with Crippen molar-refractivity contribution in [3.05, 3.63) is 59.8 Å². The van der Waals surface area contributed by atoms with Crippen LogP contribution in [0.1, 0.15) is 31.4 Å². The Morgan fingerprint density at radius 2 is 2.15 bits per heavy atom. The van der Waals surface area contributed by atoms with Crippen molar-refractivity contribution in [3.63, 3.8) is 0 Å². The number of carboxylic acids is 1. The SMILES string of the molecule is CCCC(NN1C=CC=C(C(=O)O)C1)c1ccccc1. The van der Waals surface area contributed by atoms with Gasteiger partial charge in [-0.15, -0.1) is 0 Å². The minimum atomic E-state index is -0.868. The van der Waals surface area contributed by atoms with Crippen molar-refractivity contribution in [2.24, 2.45) is 0 Å². The first kappa shape index (κ1) is 14.3. The van der Waals surface area contributed by atoms with Crippen LogP contribution in [0.4, 0.5) is 0 Å². The predicted octanol–water partition coefficient (Wildman–Crippen LogP) is 2.87. The van der Waals surface area contributed by atoms with Crippen LogP contribution in [-0.2, 0) is 4.79 Å². The molecule has 0 spiro atoms. The molecule has 20 heavy (non-hydrogen) atoms. The van der Waals surface area contributed by atoms with Gasteiger partial charge >= 0.3 is 5.97 Å². The molecule has 0 aromatic heterocycles. The van der Waals surface area contributed by atoms with Crippen LogP contribution in [0.5, 0.6) is 0 Å². The first-order valence-corrected chi connectivity index (χ1v) is 6.89. The van der Waals surface area contributed by atoms with Gasteiger partial charge in [0.1, 0.15) is 0 Å². The van der Waals surface area contributed by atoms with Crippen LogP contribution in [0.25, 0.3) is 0 Å². The van der Waals surface area contributed by atoms with E-state index in [1.54, 1.807) is 12.2 Å². The maximum atomic E-state index is 11.0. The number of hydrogen-bond donors (Lipinski definition) is 2. The summed E-state index contributed by atoms with van der Waals surface area (Å²) in [5.74, 6) is -0.868. The normalized spacial score (nSPS) is 15.8. The monoisotopic (exact) mass is 272 g/mol. The number of rotatable bonds is 6. The van der Waals surface area contributed by atoms with E-state index in [0.717, 1.165) is 12.8 Å². The summed E-state index contributed by atoms with van der Waals surface area (Å²) >= 11 is 0. The molecule has 0 aliphatic carbocycles. The number of hydrogen-bond acceptors (Lipinski definition) is 3. The summed E-state index contributed by atoms with van der Waals surface area (Å²) in [4.78, 5) is 11.0. The number of hydrazine groups is 1. The third-order valence-electron chi connectivity index (χ3n) is 3.28. The zero-order valence-corrected chi connectivity index (χ0v) is 11.6. The van der Waals surface area contributed by atoms with Crippen molar-refractivity contribution in [1.29, 1.82) is 0 Å². The van der Waals surface area contributed by atoms with Crippen LogP contribution in [0, 0.1) is 0 Å². The fourth-order valence-corrected chi connectivity index (χ4v) is 2.26. The van der Waals surface area contributed by atoms with Gasteiger partial charge in [0.2, 0.25) is 0 Å². The second-order valence-electron chi connectivity index (χ2n) is 4.85. The van der Waals surface area contributed by atoms with Gasteiger partial charge < -0.3 is 10.1 Å². The van der Waals surface area contributed by atoms with E-state index in [2.05, 4.69) is 24.5 Å². The van der Waals surface area contributed by atoms with Gasteiger partial charge in [-0.3, -0.25) is 0 Å². The van der Waals surface area contributed by atoms with Gasteiger partial charge in [-0.25, -0.2) is 10.2 Å². The minimum absolute atomic E-state index is 0.194. The van der Waals surface area contributed by atoms with E-state index in [1.165, 1.54) is 5.56 Å². The Balaban J connectivity index is 2.05. The third-order valence-corrected chi connectivity index (χ3v) is 3.28. The summed E-state index contributed by atoms with van der Waals surface area (Å²) in [6.45, 7) is 2.52. The highest BCUT2D eigenvalue weighted by Gasteiger charge is 2.17. The lowest BCUT2D eigenvalue weighted by Gasteiger charge is -2.29. The molecular weight excluding hydrogens is 252 g/mol. The number of aliphatic carboxylic acids is 1. The maximum Gasteiger partial charge on any atom is 0.333 e. The molecule has 0 amide bonds. The van der Waals surface area contributed by atoms with Crippen LogP contribution in [-0.4, -0.2) is 22.6 Å². The number of carbonyl (C=O) groups is 1. The molecule has 0 bridgehead atoms. The third kappa shape index (κ3) is 3.71. The van der Waals surface area contributed by atoms with Crippen LogP contribution < -0.4 is 5.43 Å². The first-order chi connectivity index (χ1) is 9.70. The van der Waals surface area contributed by atoms with Crippen molar-refractivity contribution < 1.29 is 9.90 Å². The Morgan fingerprint density at radius 3 is 2.80 bits per heavy atom. The van der Waals surface area contributed by atoms with E-state index in [0.29, 0.717) is 12.1 Å². The fourth-order valence-electron chi connectivity index (χ4n) is 2.26. The summed E-state index contributed by atoms with van der Waals surface area (Å²) < 4.78 is 0. The molecule has 2 N–H and O–H groups in total. The van der Waals surface area contributed by atoms with E-state index >= 15 is 0 Å². The smallest absolute Gasteiger partial charge is 0.333 e. The molecule has 1 aliphatic heterocycles. The molecule has 106 valence electrons. The highest BCUT2D eigenvalue weighted by Crippen LogP contribution is 2.19. The molecule has 2 rings (SSSR count). The maximum absolute atomic E-state index is 11.0. The van der Waals surface area contributed by atoms with Gasteiger partial charge in [0.05, 0.1) is 18.2 Å². The lowest BCUT2D eigenvalue weighted by atomic mass is 10.0. The van der Waals surface area contributed by atoms with E-state index in [-0.39, 0.29) is 6.04 Å². The molecule has 0 saturated heterocycles. The zero-order chi connectivity index (χ0) is 14.4. The minimum Gasteiger partial charge on any atom is -0.478 e. The van der Waals surface area contributed by atoms with Crippen LogP contribution >= 0.6 is 0 Å². The fraction of sp³-hybridized carbons (Fsp3) is 0.312. The molecule has 1 unspecified atom stereocenters. The highest BCUT2D eigenvalue weighted by molar-refractivity contribution is 5.87. The van der Waals surface area contributed by atoms with Gasteiger partial charge in [-0.1, -0.05) is 43.7 Å². The van der Waals surface area contributed by atoms with E-state index in [4.69, 9.17) is 5.11 Å². The van der Waals surface area contributed by atoms with Gasteiger partial charge in [-0.05, 0) is 24.1 Å². The summed E-state index contributed by atoms with van der Waals surface area (Å²) in [5, 5.41) is 10.9. The molecule has 4 nitrogen and oxygen atoms in total. The van der Waals surface area contributed by atoms with E-state index in [9.17, 15) is 4.79 Å². The molecule has 1 aromatic carbocycles. The molecule has 1 heterocycles. The lowest BCUT2D eigenvalue weighted by molar-refractivity contribution is -0.133. The molecule has 1 atom stereocenters. The van der Waals surface area contributed by atoms with Crippen molar-refractivity contribution in [2.45, 2.75) is 25.8 Å². The van der Waals surface area contributed by atoms with Crippen molar-refractivity contribution >= 4 is 5.97 Å². The number of benzene rings is 1. The van der Waals surface area contributed by atoms with Crippen LogP contribution in [0.2, 0.25) is 0 Å². The van der Waals surface area contributed by atoms with Gasteiger partial charge in [0.25, 0.3) is 0 Å². The standard InChI is InChI=1S/C16H20N2O2/c1-2-7-15(13-8-4-3-5-9-13)17-18-11-6-10-14(12-18)16(19)20/h3-6,8-11,15,17H,2,7,12H2,1H3,(H,19,20). The quantitative estimate of drug-likeness (QED) is 0.836. The zero-order valence-electron chi connectivity index (χ0n) is 11.6.